The van der Waals surface area contributed by atoms with E-state index in [9.17, 15) is 23.1 Å². The predicted molar refractivity (Wildman–Crippen MR) is 129 cm³/mol. The second-order valence-corrected chi connectivity index (χ2v) is 8.80. The molecule has 1 saturated heterocycles. The van der Waals surface area contributed by atoms with Crippen molar-refractivity contribution < 1.29 is 32.5 Å². The number of ether oxygens (including phenoxy) is 2. The Morgan fingerprint density at radius 2 is 1.75 bits per heavy atom. The zero-order valence-corrected chi connectivity index (χ0v) is 19.9. The number of rotatable bonds is 8. The zero-order chi connectivity index (χ0) is 25.7. The summed E-state index contributed by atoms with van der Waals surface area (Å²) in [6.45, 7) is 0.771. The summed E-state index contributed by atoms with van der Waals surface area (Å²) < 4.78 is 52.1. The van der Waals surface area contributed by atoms with Crippen molar-refractivity contribution in [3.05, 3.63) is 95.1 Å². The summed E-state index contributed by atoms with van der Waals surface area (Å²) in [5.41, 5.74) is 1.20. The standard InChI is InChI=1S/C28H28F3NO4/c1-35-25-17-21(13-14-24(25)36-18-19-8-3-2-4-9-19)26(32-15-6-5-12-23(32)27(33)34)20-10-7-11-22(16-20)28(29,30)31/h2-4,7-11,13-14,16-17,23,26H,5-6,12,15,18H2,1H3,(H,33,34). The van der Waals surface area contributed by atoms with E-state index in [-0.39, 0.29) is 0 Å². The normalized spacial score (nSPS) is 17.4. The molecule has 1 aliphatic heterocycles. The van der Waals surface area contributed by atoms with Gasteiger partial charge in [-0.15, -0.1) is 0 Å². The van der Waals surface area contributed by atoms with Gasteiger partial charge in [-0.3, -0.25) is 9.69 Å². The summed E-state index contributed by atoms with van der Waals surface area (Å²) in [4.78, 5) is 13.9. The number of likely N-dealkylation sites (tertiary alicyclic amines) is 1. The van der Waals surface area contributed by atoms with E-state index in [0.717, 1.165) is 30.5 Å². The van der Waals surface area contributed by atoms with E-state index in [1.165, 1.54) is 13.2 Å². The maximum absolute atomic E-state index is 13.5. The molecule has 1 heterocycles. The third kappa shape index (κ3) is 5.82. The summed E-state index contributed by atoms with van der Waals surface area (Å²) in [6, 6.07) is 18.4. The number of carboxylic acids is 1. The van der Waals surface area contributed by atoms with Crippen LogP contribution in [0.15, 0.2) is 72.8 Å². The molecule has 36 heavy (non-hydrogen) atoms. The first-order chi connectivity index (χ1) is 17.3. The van der Waals surface area contributed by atoms with Crippen LogP contribution in [-0.2, 0) is 17.6 Å². The number of alkyl halides is 3. The lowest BCUT2D eigenvalue weighted by atomic mass is 9.90. The molecule has 3 aromatic rings. The number of carboxylic acid groups (broad SMARTS) is 1. The van der Waals surface area contributed by atoms with Gasteiger partial charge in [0, 0.05) is 0 Å². The number of nitrogens with zero attached hydrogens (tertiary/aromatic N) is 1. The highest BCUT2D eigenvalue weighted by molar-refractivity contribution is 5.73. The van der Waals surface area contributed by atoms with Gasteiger partial charge in [0.2, 0.25) is 0 Å². The number of hydrogen-bond donors (Lipinski definition) is 1. The minimum absolute atomic E-state index is 0.320. The van der Waals surface area contributed by atoms with Gasteiger partial charge in [0.05, 0.1) is 18.7 Å². The Bertz CT molecular complexity index is 1180. The molecule has 4 rings (SSSR count). The Kier molecular flexibility index (Phi) is 7.84. The van der Waals surface area contributed by atoms with Crippen molar-refractivity contribution in [1.29, 1.82) is 0 Å². The van der Waals surface area contributed by atoms with Crippen LogP contribution in [0.5, 0.6) is 11.5 Å². The SMILES string of the molecule is COc1cc(C(c2cccc(C(F)(F)F)c2)N2CCCCC2C(=O)O)ccc1OCc1ccccc1. The predicted octanol–water partition coefficient (Wildman–Crippen LogP) is 6.32. The highest BCUT2D eigenvalue weighted by Crippen LogP contribution is 2.40. The molecule has 0 spiro atoms. The quantitative estimate of drug-likeness (QED) is 0.393. The molecule has 2 atom stereocenters. The van der Waals surface area contributed by atoms with E-state index < -0.39 is 29.8 Å². The Morgan fingerprint density at radius 1 is 1.00 bits per heavy atom. The van der Waals surface area contributed by atoms with Gasteiger partial charge < -0.3 is 14.6 Å². The van der Waals surface area contributed by atoms with Crippen molar-refractivity contribution in [2.45, 2.75) is 44.1 Å². The lowest BCUT2D eigenvalue weighted by molar-refractivity contribution is -0.145. The van der Waals surface area contributed by atoms with Crippen LogP contribution in [0.1, 0.15) is 47.6 Å². The number of hydrogen-bond acceptors (Lipinski definition) is 4. The van der Waals surface area contributed by atoms with E-state index in [0.29, 0.717) is 42.2 Å². The van der Waals surface area contributed by atoms with E-state index in [2.05, 4.69) is 0 Å². The molecule has 2 unspecified atom stereocenters. The van der Waals surface area contributed by atoms with Gasteiger partial charge >= 0.3 is 12.1 Å². The summed E-state index contributed by atoms with van der Waals surface area (Å²) >= 11 is 0. The maximum Gasteiger partial charge on any atom is 0.416 e. The van der Waals surface area contributed by atoms with Crippen molar-refractivity contribution in [2.75, 3.05) is 13.7 Å². The first kappa shape index (κ1) is 25.6. The van der Waals surface area contributed by atoms with Crippen LogP contribution in [0.2, 0.25) is 0 Å². The molecular formula is C28H28F3NO4. The maximum atomic E-state index is 13.5. The summed E-state index contributed by atoms with van der Waals surface area (Å²) in [7, 11) is 1.49. The third-order valence-corrected chi connectivity index (χ3v) is 6.43. The summed E-state index contributed by atoms with van der Waals surface area (Å²) in [5, 5.41) is 9.89. The first-order valence-corrected chi connectivity index (χ1v) is 11.8. The molecular weight excluding hydrogens is 471 g/mol. The molecule has 1 N–H and O–H groups in total. The number of aliphatic carboxylic acids is 1. The van der Waals surface area contributed by atoms with Gasteiger partial charge in [-0.1, -0.05) is 55.0 Å². The Hall–Kier alpha value is -3.52. The van der Waals surface area contributed by atoms with E-state index in [1.54, 1.807) is 29.2 Å². The Balaban J connectivity index is 1.74. The topological polar surface area (TPSA) is 59.0 Å². The molecule has 3 aromatic carbocycles. The lowest BCUT2D eigenvalue weighted by Crippen LogP contribution is -2.46. The molecule has 0 aromatic heterocycles. The monoisotopic (exact) mass is 499 g/mol. The molecule has 0 amide bonds. The van der Waals surface area contributed by atoms with Crippen LogP contribution in [0.3, 0.4) is 0 Å². The van der Waals surface area contributed by atoms with Crippen molar-refractivity contribution in [3.8, 4) is 11.5 Å². The van der Waals surface area contributed by atoms with Gasteiger partial charge in [-0.05, 0) is 60.3 Å². The van der Waals surface area contributed by atoms with Crippen LogP contribution in [0.4, 0.5) is 13.2 Å². The van der Waals surface area contributed by atoms with Crippen molar-refractivity contribution in [1.82, 2.24) is 4.90 Å². The molecule has 0 radical (unpaired) electrons. The third-order valence-electron chi connectivity index (χ3n) is 6.43. The van der Waals surface area contributed by atoms with E-state index in [4.69, 9.17) is 9.47 Å². The van der Waals surface area contributed by atoms with Crippen LogP contribution < -0.4 is 9.47 Å². The minimum atomic E-state index is -4.51. The van der Waals surface area contributed by atoms with Crippen LogP contribution in [0, 0.1) is 0 Å². The van der Waals surface area contributed by atoms with Crippen molar-refractivity contribution in [3.63, 3.8) is 0 Å². The zero-order valence-electron chi connectivity index (χ0n) is 19.9. The van der Waals surface area contributed by atoms with Crippen LogP contribution in [0.25, 0.3) is 0 Å². The molecule has 0 aliphatic carbocycles. The lowest BCUT2D eigenvalue weighted by Gasteiger charge is -2.40. The van der Waals surface area contributed by atoms with Gasteiger partial charge in [0.15, 0.2) is 11.5 Å². The number of benzene rings is 3. The average molecular weight is 500 g/mol. The van der Waals surface area contributed by atoms with Gasteiger partial charge in [-0.2, -0.15) is 13.2 Å². The number of carbonyl (C=O) groups is 1. The van der Waals surface area contributed by atoms with E-state index >= 15 is 0 Å². The molecule has 190 valence electrons. The molecule has 0 bridgehead atoms. The van der Waals surface area contributed by atoms with Crippen LogP contribution in [-0.4, -0.2) is 35.7 Å². The fraction of sp³-hybridized carbons (Fsp3) is 0.321. The Labute approximate surface area is 208 Å². The fourth-order valence-corrected chi connectivity index (χ4v) is 4.70. The molecule has 0 saturated carbocycles. The van der Waals surface area contributed by atoms with Gasteiger partial charge in [-0.25, -0.2) is 0 Å². The van der Waals surface area contributed by atoms with Gasteiger partial charge in [0.25, 0.3) is 0 Å². The highest BCUT2D eigenvalue weighted by Gasteiger charge is 2.37. The average Bonchev–Trinajstić information content (AvgIpc) is 2.88. The molecule has 5 nitrogen and oxygen atoms in total. The summed E-state index contributed by atoms with van der Waals surface area (Å²) in [5.74, 6) is -0.0768. The van der Waals surface area contributed by atoms with Crippen molar-refractivity contribution >= 4 is 5.97 Å². The van der Waals surface area contributed by atoms with Crippen LogP contribution >= 0.6 is 0 Å². The van der Waals surface area contributed by atoms with Crippen molar-refractivity contribution in [2.24, 2.45) is 0 Å². The summed E-state index contributed by atoms with van der Waals surface area (Å²) in [6.07, 6.45) is -2.57. The Morgan fingerprint density at radius 3 is 2.44 bits per heavy atom. The first-order valence-electron chi connectivity index (χ1n) is 11.8. The largest absolute Gasteiger partial charge is 0.493 e. The minimum Gasteiger partial charge on any atom is -0.493 e. The number of methoxy groups -OCH3 is 1. The number of piperidine rings is 1. The molecule has 1 aliphatic rings. The van der Waals surface area contributed by atoms with Gasteiger partial charge in [0.1, 0.15) is 12.6 Å². The smallest absolute Gasteiger partial charge is 0.416 e. The molecule has 1 fully saturated rings. The second kappa shape index (κ2) is 11.0. The van der Waals surface area contributed by atoms with E-state index in [1.807, 2.05) is 30.3 Å². The fourth-order valence-electron chi connectivity index (χ4n) is 4.70. The highest BCUT2D eigenvalue weighted by atomic mass is 19.4. The molecule has 8 heteroatoms. The second-order valence-electron chi connectivity index (χ2n) is 8.80. The number of halogens is 3.